The Morgan fingerprint density at radius 1 is 1.00 bits per heavy atom. The van der Waals surface area contributed by atoms with Crippen molar-refractivity contribution >= 4 is 11.3 Å². The molecule has 0 atom stereocenters. The molecule has 0 aliphatic rings. The van der Waals surface area contributed by atoms with Crippen LogP contribution in [-0.4, -0.2) is 15.0 Å². The second-order valence-electron chi connectivity index (χ2n) is 3.82. The second-order valence-corrected chi connectivity index (χ2v) is 4.76. The molecule has 0 aromatic carbocycles. The number of pyridine rings is 1. The number of hydrogen-bond acceptors (Lipinski definition) is 5. The standard InChI is InChI=1S/C14H8N4S/c15-6-10-7-17-14(18-8-10)12-4-3-11(9-16-12)13-2-1-5-19-13/h1-5,7-9H. The van der Waals surface area contributed by atoms with Gasteiger partial charge in [0.05, 0.1) is 5.56 Å². The van der Waals surface area contributed by atoms with Gasteiger partial charge in [-0.05, 0) is 23.6 Å². The fraction of sp³-hybridized carbons (Fsp3) is 0. The fourth-order valence-electron chi connectivity index (χ4n) is 1.63. The first-order valence-electron chi connectivity index (χ1n) is 5.59. The molecule has 3 aromatic rings. The monoisotopic (exact) mass is 264 g/mol. The van der Waals surface area contributed by atoms with Gasteiger partial charge in [-0.15, -0.1) is 11.3 Å². The van der Waals surface area contributed by atoms with Gasteiger partial charge in [-0.3, -0.25) is 4.98 Å². The van der Waals surface area contributed by atoms with E-state index in [0.29, 0.717) is 17.1 Å². The Morgan fingerprint density at radius 3 is 2.42 bits per heavy atom. The zero-order chi connectivity index (χ0) is 13.1. The molecule has 4 nitrogen and oxygen atoms in total. The van der Waals surface area contributed by atoms with Crippen LogP contribution in [0.25, 0.3) is 22.0 Å². The van der Waals surface area contributed by atoms with Crippen molar-refractivity contribution in [3.05, 3.63) is 53.8 Å². The molecule has 19 heavy (non-hydrogen) atoms. The van der Waals surface area contributed by atoms with Crippen LogP contribution in [0.4, 0.5) is 0 Å². The van der Waals surface area contributed by atoms with Crippen LogP contribution in [0.2, 0.25) is 0 Å². The molecular weight excluding hydrogens is 256 g/mol. The number of nitriles is 1. The van der Waals surface area contributed by atoms with Crippen LogP contribution >= 0.6 is 11.3 Å². The van der Waals surface area contributed by atoms with Gasteiger partial charge < -0.3 is 0 Å². The minimum atomic E-state index is 0.443. The van der Waals surface area contributed by atoms with Crippen molar-refractivity contribution in [1.29, 1.82) is 5.26 Å². The molecule has 0 radical (unpaired) electrons. The molecule has 0 unspecified atom stereocenters. The quantitative estimate of drug-likeness (QED) is 0.713. The predicted molar refractivity (Wildman–Crippen MR) is 73.3 cm³/mol. The lowest BCUT2D eigenvalue weighted by Gasteiger charge is -2.00. The third-order valence-corrected chi connectivity index (χ3v) is 3.50. The molecule has 0 amide bonds. The van der Waals surface area contributed by atoms with Crippen LogP contribution in [0.15, 0.2) is 48.2 Å². The molecule has 0 spiro atoms. The molecule has 0 saturated heterocycles. The summed E-state index contributed by atoms with van der Waals surface area (Å²) in [5.41, 5.74) is 2.22. The highest BCUT2D eigenvalue weighted by Gasteiger charge is 2.04. The average Bonchev–Trinajstić information content (AvgIpc) is 3.02. The first-order valence-corrected chi connectivity index (χ1v) is 6.47. The number of thiophene rings is 1. The van der Waals surface area contributed by atoms with Gasteiger partial charge in [0.2, 0.25) is 0 Å². The summed E-state index contributed by atoms with van der Waals surface area (Å²) in [6.45, 7) is 0. The van der Waals surface area contributed by atoms with Gasteiger partial charge in [-0.2, -0.15) is 5.26 Å². The maximum Gasteiger partial charge on any atom is 0.178 e. The Balaban J connectivity index is 1.92. The first-order chi connectivity index (χ1) is 9.36. The van der Waals surface area contributed by atoms with E-state index in [1.54, 1.807) is 11.3 Å². The molecule has 0 saturated carbocycles. The minimum Gasteiger partial charge on any atom is -0.252 e. The third kappa shape index (κ3) is 2.34. The molecule has 0 bridgehead atoms. The van der Waals surface area contributed by atoms with E-state index in [1.165, 1.54) is 17.3 Å². The van der Waals surface area contributed by atoms with Crippen molar-refractivity contribution in [3.63, 3.8) is 0 Å². The molecule has 0 aliphatic heterocycles. The Morgan fingerprint density at radius 2 is 1.84 bits per heavy atom. The van der Waals surface area contributed by atoms with E-state index < -0.39 is 0 Å². The molecule has 0 fully saturated rings. The van der Waals surface area contributed by atoms with E-state index in [9.17, 15) is 0 Å². The van der Waals surface area contributed by atoms with Crippen LogP contribution in [-0.2, 0) is 0 Å². The van der Waals surface area contributed by atoms with E-state index in [2.05, 4.69) is 21.0 Å². The van der Waals surface area contributed by atoms with E-state index in [-0.39, 0.29) is 0 Å². The summed E-state index contributed by atoms with van der Waals surface area (Å²) in [6, 6.07) is 9.94. The molecule has 90 valence electrons. The lowest BCUT2D eigenvalue weighted by Crippen LogP contribution is -1.92. The third-order valence-electron chi connectivity index (χ3n) is 2.58. The van der Waals surface area contributed by atoms with Gasteiger partial charge in [0.25, 0.3) is 0 Å². The minimum absolute atomic E-state index is 0.443. The number of nitrogens with zero attached hydrogens (tertiary/aromatic N) is 4. The van der Waals surface area contributed by atoms with Crippen molar-refractivity contribution in [1.82, 2.24) is 15.0 Å². The van der Waals surface area contributed by atoms with Crippen molar-refractivity contribution in [3.8, 4) is 28.0 Å². The van der Waals surface area contributed by atoms with Crippen molar-refractivity contribution in [2.75, 3.05) is 0 Å². The molecule has 3 rings (SSSR count). The van der Waals surface area contributed by atoms with Gasteiger partial charge >= 0.3 is 0 Å². The normalized spacial score (nSPS) is 10.1. The SMILES string of the molecule is N#Cc1cnc(-c2ccc(-c3cccs3)cn2)nc1. The topological polar surface area (TPSA) is 62.5 Å². The highest BCUT2D eigenvalue weighted by molar-refractivity contribution is 7.13. The molecule has 3 heterocycles. The summed E-state index contributed by atoms with van der Waals surface area (Å²) in [5, 5.41) is 10.7. The molecular formula is C14H8N4S. The van der Waals surface area contributed by atoms with E-state index in [1.807, 2.05) is 35.8 Å². The van der Waals surface area contributed by atoms with Gasteiger partial charge in [-0.1, -0.05) is 6.07 Å². The molecule has 0 aliphatic carbocycles. The maximum absolute atomic E-state index is 8.70. The van der Waals surface area contributed by atoms with Crippen LogP contribution in [0.1, 0.15) is 5.56 Å². The predicted octanol–water partition coefficient (Wildman–Crippen LogP) is 3.14. The Kier molecular flexibility index (Phi) is 3.01. The van der Waals surface area contributed by atoms with Crippen LogP contribution in [0.3, 0.4) is 0 Å². The highest BCUT2D eigenvalue weighted by atomic mass is 32.1. The molecule has 3 aromatic heterocycles. The summed E-state index contributed by atoms with van der Waals surface area (Å²) in [4.78, 5) is 13.8. The largest absolute Gasteiger partial charge is 0.252 e. The average molecular weight is 264 g/mol. The number of hydrogen-bond donors (Lipinski definition) is 0. The second kappa shape index (κ2) is 4.96. The van der Waals surface area contributed by atoms with Gasteiger partial charge in [0.1, 0.15) is 11.8 Å². The zero-order valence-corrected chi connectivity index (χ0v) is 10.6. The maximum atomic E-state index is 8.70. The van der Waals surface area contributed by atoms with Crippen LogP contribution in [0.5, 0.6) is 0 Å². The van der Waals surface area contributed by atoms with Gasteiger partial charge in [0, 0.05) is 29.0 Å². The van der Waals surface area contributed by atoms with Crippen LogP contribution in [0, 0.1) is 11.3 Å². The summed E-state index contributed by atoms with van der Waals surface area (Å²) in [7, 11) is 0. The van der Waals surface area contributed by atoms with E-state index in [0.717, 1.165) is 5.56 Å². The van der Waals surface area contributed by atoms with Crippen molar-refractivity contribution in [2.45, 2.75) is 0 Å². The van der Waals surface area contributed by atoms with Gasteiger partial charge in [0.15, 0.2) is 5.82 Å². The lowest BCUT2D eigenvalue weighted by atomic mass is 10.2. The van der Waals surface area contributed by atoms with E-state index in [4.69, 9.17) is 5.26 Å². The summed E-state index contributed by atoms with van der Waals surface area (Å²) < 4.78 is 0. The van der Waals surface area contributed by atoms with Crippen molar-refractivity contribution < 1.29 is 0 Å². The smallest absolute Gasteiger partial charge is 0.178 e. The molecule has 5 heteroatoms. The highest BCUT2D eigenvalue weighted by Crippen LogP contribution is 2.24. The summed E-state index contributed by atoms with van der Waals surface area (Å²) in [6.07, 6.45) is 4.80. The summed E-state index contributed by atoms with van der Waals surface area (Å²) in [5.74, 6) is 0.525. The Labute approximate surface area is 114 Å². The van der Waals surface area contributed by atoms with E-state index >= 15 is 0 Å². The van der Waals surface area contributed by atoms with Crippen LogP contribution < -0.4 is 0 Å². The number of aromatic nitrogens is 3. The van der Waals surface area contributed by atoms with Gasteiger partial charge in [-0.25, -0.2) is 9.97 Å². The Hall–Kier alpha value is -2.58. The fourth-order valence-corrected chi connectivity index (χ4v) is 2.35. The Bertz CT molecular complexity index is 710. The molecule has 0 N–H and O–H groups in total. The number of rotatable bonds is 2. The first kappa shape index (κ1) is 11.5. The van der Waals surface area contributed by atoms with Crippen molar-refractivity contribution in [2.24, 2.45) is 0 Å². The summed E-state index contributed by atoms with van der Waals surface area (Å²) >= 11 is 1.68. The zero-order valence-electron chi connectivity index (χ0n) is 9.82. The lowest BCUT2D eigenvalue weighted by molar-refractivity contribution is 1.13.